The average Bonchev–Trinajstić information content (AvgIpc) is 2.79. The van der Waals surface area contributed by atoms with Crippen molar-refractivity contribution in [3.63, 3.8) is 0 Å². The van der Waals surface area contributed by atoms with Gasteiger partial charge in [-0.15, -0.1) is 24.0 Å². The fourth-order valence-electron chi connectivity index (χ4n) is 2.11. The van der Waals surface area contributed by atoms with Gasteiger partial charge in [-0.2, -0.15) is 0 Å². The van der Waals surface area contributed by atoms with Crippen LogP contribution in [0.25, 0.3) is 0 Å². The Morgan fingerprint density at radius 3 is 2.95 bits per heavy atom. The number of methoxy groups -OCH3 is 1. The molecule has 1 aliphatic rings. The summed E-state index contributed by atoms with van der Waals surface area (Å²) >= 11 is 0. The van der Waals surface area contributed by atoms with Crippen LogP contribution in [0, 0.1) is 0 Å². The van der Waals surface area contributed by atoms with Crippen molar-refractivity contribution in [3.8, 4) is 5.75 Å². The van der Waals surface area contributed by atoms with Gasteiger partial charge in [0, 0.05) is 31.8 Å². The standard InChI is InChI=1S/C13H18N4O2.HI/c1-15-13(14)16-9-6-12(18)17(8-9)10-4-3-5-11(7-10)19-2;/h3-5,7,9H,6,8H2,1-2H3,(H3,14,15,16);1H. The van der Waals surface area contributed by atoms with Crippen molar-refractivity contribution < 1.29 is 9.53 Å². The Morgan fingerprint density at radius 2 is 2.30 bits per heavy atom. The molecule has 110 valence electrons. The lowest BCUT2D eigenvalue weighted by Crippen LogP contribution is -2.41. The monoisotopic (exact) mass is 390 g/mol. The molecule has 0 spiro atoms. The summed E-state index contributed by atoms with van der Waals surface area (Å²) in [5, 5.41) is 3.02. The molecule has 6 nitrogen and oxygen atoms in total. The number of hydrogen-bond donors (Lipinski definition) is 2. The third kappa shape index (κ3) is 3.75. The van der Waals surface area contributed by atoms with Crippen LogP contribution in [0.3, 0.4) is 0 Å². The lowest BCUT2D eigenvalue weighted by molar-refractivity contribution is -0.117. The molecule has 0 radical (unpaired) electrons. The Bertz CT molecular complexity index is 507. The highest BCUT2D eigenvalue weighted by Gasteiger charge is 2.30. The van der Waals surface area contributed by atoms with Gasteiger partial charge in [-0.25, -0.2) is 0 Å². The minimum atomic E-state index is -0.0117. The van der Waals surface area contributed by atoms with E-state index in [9.17, 15) is 4.79 Å². The normalized spacial score (nSPS) is 18.7. The Labute approximate surface area is 135 Å². The van der Waals surface area contributed by atoms with Crippen LogP contribution in [0.4, 0.5) is 5.69 Å². The summed E-state index contributed by atoms with van der Waals surface area (Å²) in [5.74, 6) is 1.15. The summed E-state index contributed by atoms with van der Waals surface area (Å²) in [7, 11) is 3.21. The molecule has 0 aliphatic carbocycles. The number of ether oxygens (including phenoxy) is 1. The number of anilines is 1. The van der Waals surface area contributed by atoms with Crippen LogP contribution >= 0.6 is 24.0 Å². The first kappa shape index (κ1) is 16.5. The molecular weight excluding hydrogens is 371 g/mol. The number of guanidine groups is 1. The molecule has 1 aromatic rings. The highest BCUT2D eigenvalue weighted by atomic mass is 127. The first-order valence-corrected chi connectivity index (χ1v) is 6.07. The van der Waals surface area contributed by atoms with Crippen molar-refractivity contribution in [1.29, 1.82) is 0 Å². The summed E-state index contributed by atoms with van der Waals surface area (Å²) in [4.78, 5) is 17.6. The second-order valence-corrected chi connectivity index (χ2v) is 4.36. The quantitative estimate of drug-likeness (QED) is 0.458. The van der Waals surface area contributed by atoms with E-state index in [-0.39, 0.29) is 35.9 Å². The third-order valence-corrected chi connectivity index (χ3v) is 3.08. The number of hydrogen-bond acceptors (Lipinski definition) is 3. The fourth-order valence-corrected chi connectivity index (χ4v) is 2.11. The van der Waals surface area contributed by atoms with E-state index in [1.165, 1.54) is 0 Å². The first-order chi connectivity index (χ1) is 9.13. The number of benzene rings is 1. The van der Waals surface area contributed by atoms with E-state index in [4.69, 9.17) is 10.5 Å². The fraction of sp³-hybridized carbons (Fsp3) is 0.385. The van der Waals surface area contributed by atoms with Gasteiger partial charge in [0.25, 0.3) is 0 Å². The zero-order chi connectivity index (χ0) is 13.8. The van der Waals surface area contributed by atoms with E-state index >= 15 is 0 Å². The maximum Gasteiger partial charge on any atom is 0.229 e. The van der Waals surface area contributed by atoms with Crippen molar-refractivity contribution in [1.82, 2.24) is 5.32 Å². The molecule has 3 N–H and O–H groups in total. The van der Waals surface area contributed by atoms with Gasteiger partial charge >= 0.3 is 0 Å². The molecule has 1 unspecified atom stereocenters. The second kappa shape index (κ2) is 7.32. The molecule has 1 heterocycles. The first-order valence-electron chi connectivity index (χ1n) is 6.07. The largest absolute Gasteiger partial charge is 0.497 e. The summed E-state index contributed by atoms with van der Waals surface area (Å²) in [6.45, 7) is 0.572. The van der Waals surface area contributed by atoms with Gasteiger partial charge in [-0.1, -0.05) is 6.07 Å². The van der Waals surface area contributed by atoms with Crippen molar-refractivity contribution in [2.24, 2.45) is 10.7 Å². The van der Waals surface area contributed by atoms with E-state index in [1.807, 2.05) is 24.3 Å². The average molecular weight is 390 g/mol. The third-order valence-electron chi connectivity index (χ3n) is 3.08. The topological polar surface area (TPSA) is 79.9 Å². The van der Waals surface area contributed by atoms with Gasteiger partial charge < -0.3 is 20.7 Å². The number of carbonyl (C=O) groups excluding carboxylic acids is 1. The molecule has 1 amide bonds. The molecule has 7 heteroatoms. The minimum absolute atomic E-state index is 0. The maximum atomic E-state index is 12.0. The van der Waals surface area contributed by atoms with Crippen LogP contribution in [-0.2, 0) is 4.79 Å². The Balaban J connectivity index is 0.00000200. The Kier molecular flexibility index (Phi) is 6.05. The van der Waals surface area contributed by atoms with E-state index in [2.05, 4.69) is 10.3 Å². The van der Waals surface area contributed by atoms with Crippen molar-refractivity contribution in [2.45, 2.75) is 12.5 Å². The number of halogens is 1. The van der Waals surface area contributed by atoms with Gasteiger partial charge in [-0.05, 0) is 12.1 Å². The number of amides is 1. The minimum Gasteiger partial charge on any atom is -0.497 e. The predicted octanol–water partition coefficient (Wildman–Crippen LogP) is 0.953. The van der Waals surface area contributed by atoms with Gasteiger partial charge in [0.05, 0.1) is 13.2 Å². The summed E-state index contributed by atoms with van der Waals surface area (Å²) in [6.07, 6.45) is 0.410. The van der Waals surface area contributed by atoms with E-state index < -0.39 is 0 Å². The zero-order valence-electron chi connectivity index (χ0n) is 11.5. The second-order valence-electron chi connectivity index (χ2n) is 4.36. The number of nitrogens with zero attached hydrogens (tertiary/aromatic N) is 2. The lowest BCUT2D eigenvalue weighted by atomic mass is 10.2. The number of carbonyl (C=O) groups is 1. The van der Waals surface area contributed by atoms with Crippen molar-refractivity contribution in [3.05, 3.63) is 24.3 Å². The van der Waals surface area contributed by atoms with Gasteiger partial charge in [0.15, 0.2) is 5.96 Å². The predicted molar refractivity (Wildman–Crippen MR) is 89.8 cm³/mol. The Hall–Kier alpha value is -1.51. The number of nitrogens with one attached hydrogen (secondary N) is 1. The molecule has 1 saturated heterocycles. The van der Waals surface area contributed by atoms with Crippen LogP contribution in [-0.4, -0.2) is 38.6 Å². The van der Waals surface area contributed by atoms with Crippen LogP contribution < -0.4 is 20.7 Å². The summed E-state index contributed by atoms with van der Waals surface area (Å²) < 4.78 is 5.17. The molecule has 0 bridgehead atoms. The van der Waals surface area contributed by atoms with E-state index in [0.717, 1.165) is 11.4 Å². The highest BCUT2D eigenvalue weighted by Crippen LogP contribution is 2.25. The molecule has 1 aromatic carbocycles. The van der Waals surface area contributed by atoms with E-state index in [0.29, 0.717) is 18.9 Å². The molecule has 20 heavy (non-hydrogen) atoms. The highest BCUT2D eigenvalue weighted by molar-refractivity contribution is 14.0. The lowest BCUT2D eigenvalue weighted by Gasteiger charge is -2.18. The SMILES string of the molecule is CN=C(N)NC1CC(=O)N(c2cccc(OC)c2)C1.I. The summed E-state index contributed by atoms with van der Waals surface area (Å²) in [6, 6.07) is 7.44. The van der Waals surface area contributed by atoms with Crippen LogP contribution in [0.5, 0.6) is 5.75 Å². The van der Waals surface area contributed by atoms with Gasteiger partial charge in [0.1, 0.15) is 5.75 Å². The maximum absolute atomic E-state index is 12.0. The number of nitrogens with two attached hydrogens (primary N) is 1. The Morgan fingerprint density at radius 1 is 1.55 bits per heavy atom. The molecular formula is C13H19IN4O2. The van der Waals surface area contributed by atoms with E-state index in [1.54, 1.807) is 19.1 Å². The molecule has 1 aliphatic heterocycles. The number of rotatable bonds is 3. The zero-order valence-corrected chi connectivity index (χ0v) is 13.8. The van der Waals surface area contributed by atoms with Gasteiger partial charge in [0.2, 0.25) is 5.91 Å². The molecule has 0 aromatic heterocycles. The summed E-state index contributed by atoms with van der Waals surface area (Å²) in [5.41, 5.74) is 6.45. The van der Waals surface area contributed by atoms with Crippen LogP contribution in [0.15, 0.2) is 29.3 Å². The van der Waals surface area contributed by atoms with Crippen molar-refractivity contribution >= 4 is 41.5 Å². The molecule has 1 fully saturated rings. The smallest absolute Gasteiger partial charge is 0.229 e. The molecule has 0 saturated carbocycles. The molecule has 1 atom stereocenters. The van der Waals surface area contributed by atoms with Gasteiger partial charge in [-0.3, -0.25) is 9.79 Å². The molecule has 2 rings (SSSR count). The van der Waals surface area contributed by atoms with Crippen LogP contribution in [0.1, 0.15) is 6.42 Å². The van der Waals surface area contributed by atoms with Crippen LogP contribution in [0.2, 0.25) is 0 Å². The number of aliphatic imine (C=N–C) groups is 1. The van der Waals surface area contributed by atoms with Crippen molar-refractivity contribution in [2.75, 3.05) is 25.6 Å².